The van der Waals surface area contributed by atoms with Gasteiger partial charge in [-0.15, -0.1) is 0 Å². The summed E-state index contributed by atoms with van der Waals surface area (Å²) in [4.78, 5) is 12.7. The second-order valence-corrected chi connectivity index (χ2v) is 7.27. The molecule has 130 valence electrons. The zero-order chi connectivity index (χ0) is 17.9. The molecule has 0 radical (unpaired) electrons. The Bertz CT molecular complexity index is 1040. The fraction of sp³-hybridized carbons (Fsp3) is 0.100. The highest BCUT2D eigenvalue weighted by Crippen LogP contribution is 2.31. The van der Waals surface area contributed by atoms with Crippen molar-refractivity contribution >= 4 is 21.8 Å². The van der Waals surface area contributed by atoms with Crippen LogP contribution in [0.5, 0.6) is 5.75 Å². The van der Waals surface area contributed by atoms with Gasteiger partial charge in [0.15, 0.2) is 0 Å². The van der Waals surface area contributed by atoms with Crippen molar-refractivity contribution in [3.63, 3.8) is 0 Å². The molecule has 26 heavy (non-hydrogen) atoms. The first kappa shape index (κ1) is 16.5. The maximum Gasteiger partial charge on any atom is 0.142 e. The van der Waals surface area contributed by atoms with Crippen LogP contribution in [0.15, 0.2) is 71.9 Å². The van der Waals surface area contributed by atoms with E-state index >= 15 is 0 Å². The summed E-state index contributed by atoms with van der Waals surface area (Å²) in [6.45, 7) is 0. The van der Waals surface area contributed by atoms with Crippen molar-refractivity contribution in [1.29, 1.82) is 0 Å². The summed E-state index contributed by atoms with van der Waals surface area (Å²) in [6, 6.07) is 17.2. The van der Waals surface area contributed by atoms with E-state index in [1.54, 1.807) is 19.5 Å². The van der Waals surface area contributed by atoms with Crippen molar-refractivity contribution in [2.75, 3.05) is 7.11 Å². The quantitative estimate of drug-likeness (QED) is 0.583. The second kappa shape index (κ2) is 7.09. The van der Waals surface area contributed by atoms with E-state index in [1.807, 2.05) is 54.6 Å². The monoisotopic (exact) mass is 363 g/mol. The number of fused-ring (bicyclic) bond motifs is 1. The van der Waals surface area contributed by atoms with Crippen molar-refractivity contribution in [3.8, 4) is 17.1 Å². The summed E-state index contributed by atoms with van der Waals surface area (Å²) in [7, 11) is 0.458. The average molecular weight is 363 g/mol. The molecule has 0 bridgehead atoms. The van der Waals surface area contributed by atoms with Gasteiger partial charge in [-0.1, -0.05) is 30.3 Å². The second-order valence-electron chi connectivity index (χ2n) is 5.82. The van der Waals surface area contributed by atoms with Gasteiger partial charge in [-0.25, -0.2) is 4.98 Å². The molecule has 4 rings (SSSR count). The maximum absolute atomic E-state index is 12.7. The summed E-state index contributed by atoms with van der Waals surface area (Å²) < 4.78 is 18.2. The molecule has 0 aliphatic heterocycles. The minimum Gasteiger partial charge on any atom is -0.496 e. The van der Waals surface area contributed by atoms with E-state index in [9.17, 15) is 4.21 Å². The normalized spacial score (nSPS) is 12.2. The van der Waals surface area contributed by atoms with Crippen molar-refractivity contribution in [1.82, 2.24) is 15.0 Å². The van der Waals surface area contributed by atoms with Gasteiger partial charge < -0.3 is 9.72 Å². The SMILES string of the molecule is COc1cc(S(=O)Cc2ccccc2)ccc1-c1nc2ccncc2[nH]1. The number of aromatic nitrogens is 3. The third kappa shape index (κ3) is 3.23. The molecule has 4 aromatic rings. The fourth-order valence-corrected chi connectivity index (χ4v) is 3.92. The molecule has 2 aromatic carbocycles. The van der Waals surface area contributed by atoms with Crippen molar-refractivity contribution in [2.45, 2.75) is 10.6 Å². The number of nitrogens with zero attached hydrogens (tertiary/aromatic N) is 2. The predicted octanol–water partition coefficient (Wildman–Crippen LogP) is 3.94. The fourth-order valence-electron chi connectivity index (χ4n) is 2.80. The number of benzene rings is 2. The molecule has 5 nitrogen and oxygen atoms in total. The molecular formula is C20H17N3O2S. The smallest absolute Gasteiger partial charge is 0.142 e. The third-order valence-corrected chi connectivity index (χ3v) is 5.49. The largest absolute Gasteiger partial charge is 0.496 e. The first-order valence-corrected chi connectivity index (χ1v) is 9.47. The Morgan fingerprint density at radius 3 is 2.73 bits per heavy atom. The van der Waals surface area contributed by atoms with Gasteiger partial charge in [-0.2, -0.15) is 0 Å². The van der Waals surface area contributed by atoms with Crippen molar-refractivity contribution < 1.29 is 8.95 Å². The number of nitrogens with one attached hydrogen (secondary N) is 1. The summed E-state index contributed by atoms with van der Waals surface area (Å²) in [6.07, 6.45) is 3.45. The van der Waals surface area contributed by atoms with Crippen LogP contribution in [-0.2, 0) is 16.6 Å². The van der Waals surface area contributed by atoms with Gasteiger partial charge in [0.05, 0.1) is 46.5 Å². The molecule has 1 unspecified atom stereocenters. The van der Waals surface area contributed by atoms with Crippen LogP contribution < -0.4 is 4.74 Å². The number of imidazole rings is 1. The van der Waals surface area contributed by atoms with Crippen LogP contribution in [0.1, 0.15) is 5.56 Å². The Morgan fingerprint density at radius 1 is 1.12 bits per heavy atom. The first-order valence-electron chi connectivity index (χ1n) is 8.15. The molecule has 0 aliphatic carbocycles. The summed E-state index contributed by atoms with van der Waals surface area (Å²) in [5, 5.41) is 0. The van der Waals surface area contributed by atoms with Crippen LogP contribution >= 0.6 is 0 Å². The molecule has 6 heteroatoms. The van der Waals surface area contributed by atoms with Crippen LogP contribution in [0.2, 0.25) is 0 Å². The minimum absolute atomic E-state index is 0.472. The Morgan fingerprint density at radius 2 is 1.96 bits per heavy atom. The summed E-state index contributed by atoms with van der Waals surface area (Å²) >= 11 is 0. The number of pyridine rings is 1. The number of rotatable bonds is 5. The average Bonchev–Trinajstić information content (AvgIpc) is 3.12. The molecule has 0 saturated carbocycles. The van der Waals surface area contributed by atoms with Crippen LogP contribution in [0.25, 0.3) is 22.4 Å². The lowest BCUT2D eigenvalue weighted by molar-refractivity contribution is 0.415. The van der Waals surface area contributed by atoms with E-state index in [-0.39, 0.29) is 0 Å². The van der Waals surface area contributed by atoms with Crippen LogP contribution in [0, 0.1) is 0 Å². The highest BCUT2D eigenvalue weighted by molar-refractivity contribution is 7.84. The lowest BCUT2D eigenvalue weighted by Crippen LogP contribution is -1.98. The lowest BCUT2D eigenvalue weighted by atomic mass is 10.2. The topological polar surface area (TPSA) is 67.9 Å². The summed E-state index contributed by atoms with van der Waals surface area (Å²) in [5.41, 5.74) is 3.57. The van der Waals surface area contributed by atoms with E-state index in [1.165, 1.54) is 0 Å². The number of hydrogen-bond donors (Lipinski definition) is 1. The van der Waals surface area contributed by atoms with Gasteiger partial charge in [-0.05, 0) is 29.8 Å². The van der Waals surface area contributed by atoms with E-state index in [0.29, 0.717) is 17.3 Å². The first-order chi connectivity index (χ1) is 12.7. The zero-order valence-corrected chi connectivity index (χ0v) is 15.0. The zero-order valence-electron chi connectivity index (χ0n) is 14.2. The highest BCUT2D eigenvalue weighted by Gasteiger charge is 2.14. The van der Waals surface area contributed by atoms with E-state index in [4.69, 9.17) is 4.74 Å². The van der Waals surface area contributed by atoms with Gasteiger partial charge in [0.2, 0.25) is 0 Å². The highest BCUT2D eigenvalue weighted by atomic mass is 32.2. The van der Waals surface area contributed by atoms with Gasteiger partial charge in [0, 0.05) is 11.1 Å². The molecule has 2 heterocycles. The Kier molecular flexibility index (Phi) is 4.50. The number of methoxy groups -OCH3 is 1. The lowest BCUT2D eigenvalue weighted by Gasteiger charge is -2.09. The van der Waals surface area contributed by atoms with Crippen LogP contribution in [0.4, 0.5) is 0 Å². The Labute approximate surface area is 153 Å². The van der Waals surface area contributed by atoms with Crippen molar-refractivity contribution in [2.24, 2.45) is 0 Å². The van der Waals surface area contributed by atoms with E-state index in [0.717, 1.165) is 27.1 Å². The standard InChI is InChI=1S/C20H17N3O2S/c1-25-19-11-15(26(24)13-14-5-3-2-4-6-14)7-8-16(19)20-22-17-9-10-21-12-18(17)23-20/h2-12H,13H2,1H3,(H,22,23). The van der Waals surface area contributed by atoms with Gasteiger partial charge in [-0.3, -0.25) is 9.19 Å². The van der Waals surface area contributed by atoms with Gasteiger partial charge >= 0.3 is 0 Å². The molecule has 1 atom stereocenters. The Balaban J connectivity index is 1.66. The molecule has 0 aliphatic rings. The summed E-state index contributed by atoms with van der Waals surface area (Å²) in [5.74, 6) is 1.81. The number of aromatic amines is 1. The van der Waals surface area contributed by atoms with E-state index in [2.05, 4.69) is 15.0 Å². The number of H-pyrrole nitrogens is 1. The van der Waals surface area contributed by atoms with Crippen molar-refractivity contribution in [3.05, 3.63) is 72.6 Å². The molecule has 0 saturated heterocycles. The van der Waals surface area contributed by atoms with Gasteiger partial charge in [0.25, 0.3) is 0 Å². The predicted molar refractivity (Wildman–Crippen MR) is 102 cm³/mol. The molecule has 2 aromatic heterocycles. The van der Waals surface area contributed by atoms with E-state index < -0.39 is 10.8 Å². The molecule has 0 fully saturated rings. The maximum atomic E-state index is 12.7. The van der Waals surface area contributed by atoms with Gasteiger partial charge in [0.1, 0.15) is 11.6 Å². The molecule has 0 amide bonds. The number of hydrogen-bond acceptors (Lipinski definition) is 4. The third-order valence-electron chi connectivity index (χ3n) is 4.11. The minimum atomic E-state index is -1.15. The van der Waals surface area contributed by atoms with Crippen LogP contribution in [-0.4, -0.2) is 26.3 Å². The number of ether oxygens (including phenoxy) is 1. The molecular weight excluding hydrogens is 346 g/mol. The Hall–Kier alpha value is -2.99. The molecule has 0 spiro atoms. The molecule has 1 N–H and O–H groups in total. The van der Waals surface area contributed by atoms with Crippen LogP contribution in [0.3, 0.4) is 0 Å².